The van der Waals surface area contributed by atoms with E-state index >= 15 is 0 Å². The Morgan fingerprint density at radius 3 is 2.58 bits per heavy atom. The van der Waals surface area contributed by atoms with Gasteiger partial charge in [-0.3, -0.25) is 9.59 Å². The molecule has 128 valence electrons. The van der Waals surface area contributed by atoms with Gasteiger partial charge in [0, 0.05) is 32.0 Å². The lowest BCUT2D eigenvalue weighted by atomic mass is 10.1. The number of carbonyl (C=O) groups is 2. The number of aromatic nitrogens is 3. The molecule has 0 unspecified atom stereocenters. The molecule has 0 bridgehead atoms. The summed E-state index contributed by atoms with van der Waals surface area (Å²) >= 11 is 1.30. The van der Waals surface area contributed by atoms with Crippen LogP contribution in [0.3, 0.4) is 0 Å². The number of benzene rings is 1. The number of hydrogen-bond donors (Lipinski definition) is 1. The van der Waals surface area contributed by atoms with E-state index in [0.717, 1.165) is 5.82 Å². The van der Waals surface area contributed by atoms with Crippen molar-refractivity contribution < 1.29 is 14.0 Å². The fourth-order valence-electron chi connectivity index (χ4n) is 2.13. The first-order chi connectivity index (χ1) is 11.5. The van der Waals surface area contributed by atoms with E-state index in [0.29, 0.717) is 30.2 Å². The molecule has 0 spiro atoms. The number of ketones is 1. The Morgan fingerprint density at radius 2 is 1.96 bits per heavy atom. The largest absolute Gasteiger partial charge is 0.356 e. The Bertz CT molecular complexity index is 715. The standard InChI is InChI=1S/C16H19FN4O2S/c1-3-21-15(8-9-18-11(2)22)19-20-16(21)24-10-14(23)12-4-6-13(17)7-5-12/h4-7H,3,8-10H2,1-2H3,(H,18,22). The maximum absolute atomic E-state index is 12.9. The van der Waals surface area contributed by atoms with Gasteiger partial charge in [-0.25, -0.2) is 4.39 Å². The number of halogens is 1. The summed E-state index contributed by atoms with van der Waals surface area (Å²) in [5.41, 5.74) is 0.470. The van der Waals surface area contributed by atoms with E-state index in [4.69, 9.17) is 0 Å². The molecule has 0 radical (unpaired) electrons. The normalized spacial score (nSPS) is 10.6. The highest BCUT2D eigenvalue weighted by atomic mass is 32.2. The maximum Gasteiger partial charge on any atom is 0.216 e. The van der Waals surface area contributed by atoms with Gasteiger partial charge in [-0.1, -0.05) is 11.8 Å². The third-order valence-corrected chi connectivity index (χ3v) is 4.30. The van der Waals surface area contributed by atoms with Crippen LogP contribution in [0.5, 0.6) is 0 Å². The lowest BCUT2D eigenvalue weighted by molar-refractivity contribution is -0.118. The first-order valence-electron chi connectivity index (χ1n) is 7.59. The van der Waals surface area contributed by atoms with Gasteiger partial charge >= 0.3 is 0 Å². The Kier molecular flexibility index (Phi) is 6.48. The molecule has 0 aliphatic rings. The zero-order valence-corrected chi connectivity index (χ0v) is 14.4. The number of Topliss-reactive ketones (excluding diaryl/α,β-unsaturated/α-hetero) is 1. The number of rotatable bonds is 8. The van der Waals surface area contributed by atoms with Crippen molar-refractivity contribution in [1.82, 2.24) is 20.1 Å². The van der Waals surface area contributed by atoms with Gasteiger partial charge in [0.1, 0.15) is 11.6 Å². The second-order valence-electron chi connectivity index (χ2n) is 5.09. The van der Waals surface area contributed by atoms with Gasteiger partial charge < -0.3 is 9.88 Å². The highest BCUT2D eigenvalue weighted by molar-refractivity contribution is 7.99. The summed E-state index contributed by atoms with van der Waals surface area (Å²) in [6.45, 7) is 4.60. The maximum atomic E-state index is 12.9. The van der Waals surface area contributed by atoms with Gasteiger partial charge in [-0.2, -0.15) is 0 Å². The van der Waals surface area contributed by atoms with Gasteiger partial charge in [-0.05, 0) is 31.2 Å². The summed E-state index contributed by atoms with van der Waals surface area (Å²) in [4.78, 5) is 23.0. The van der Waals surface area contributed by atoms with Crippen molar-refractivity contribution in [1.29, 1.82) is 0 Å². The molecule has 0 atom stereocenters. The minimum atomic E-state index is -0.367. The van der Waals surface area contributed by atoms with E-state index in [1.165, 1.54) is 43.0 Å². The van der Waals surface area contributed by atoms with Gasteiger partial charge in [0.2, 0.25) is 5.91 Å². The van der Waals surface area contributed by atoms with Crippen LogP contribution in [-0.4, -0.2) is 38.8 Å². The molecule has 6 nitrogen and oxygen atoms in total. The highest BCUT2D eigenvalue weighted by Crippen LogP contribution is 2.19. The van der Waals surface area contributed by atoms with Crippen molar-refractivity contribution in [3.63, 3.8) is 0 Å². The topological polar surface area (TPSA) is 76.9 Å². The van der Waals surface area contributed by atoms with E-state index < -0.39 is 0 Å². The van der Waals surface area contributed by atoms with Crippen molar-refractivity contribution in [3.05, 3.63) is 41.5 Å². The molecular formula is C16H19FN4O2S. The Hall–Kier alpha value is -2.22. The van der Waals surface area contributed by atoms with Gasteiger partial charge in [0.15, 0.2) is 10.9 Å². The summed E-state index contributed by atoms with van der Waals surface area (Å²) < 4.78 is 14.8. The van der Waals surface area contributed by atoms with E-state index in [1.54, 1.807) is 0 Å². The number of amides is 1. The first-order valence-corrected chi connectivity index (χ1v) is 8.58. The van der Waals surface area contributed by atoms with Crippen molar-refractivity contribution in [2.45, 2.75) is 32.0 Å². The molecule has 1 amide bonds. The smallest absolute Gasteiger partial charge is 0.216 e. The van der Waals surface area contributed by atoms with Crippen molar-refractivity contribution in [3.8, 4) is 0 Å². The average molecular weight is 350 g/mol. The van der Waals surface area contributed by atoms with Crippen LogP contribution >= 0.6 is 11.8 Å². The number of nitrogens with one attached hydrogen (secondary N) is 1. The summed E-state index contributed by atoms with van der Waals surface area (Å²) in [7, 11) is 0. The SMILES string of the molecule is CCn1c(CCNC(C)=O)nnc1SCC(=O)c1ccc(F)cc1. The minimum Gasteiger partial charge on any atom is -0.356 e. The van der Waals surface area contributed by atoms with Gasteiger partial charge in [0.25, 0.3) is 0 Å². The van der Waals surface area contributed by atoms with Crippen LogP contribution in [0.25, 0.3) is 0 Å². The third kappa shape index (κ3) is 4.89. The van der Waals surface area contributed by atoms with E-state index in [9.17, 15) is 14.0 Å². The fraction of sp³-hybridized carbons (Fsp3) is 0.375. The van der Waals surface area contributed by atoms with Crippen LogP contribution in [0.4, 0.5) is 4.39 Å². The summed E-state index contributed by atoms with van der Waals surface area (Å²) in [6, 6.07) is 5.49. The van der Waals surface area contributed by atoms with Crippen LogP contribution in [0.15, 0.2) is 29.4 Å². The van der Waals surface area contributed by atoms with Gasteiger partial charge in [0.05, 0.1) is 5.75 Å². The number of thioether (sulfide) groups is 1. The summed E-state index contributed by atoms with van der Waals surface area (Å²) in [6.07, 6.45) is 0.576. The van der Waals surface area contributed by atoms with Crippen LogP contribution in [-0.2, 0) is 17.8 Å². The van der Waals surface area contributed by atoms with Crippen molar-refractivity contribution >= 4 is 23.5 Å². The first kappa shape index (κ1) is 18.1. The second-order valence-corrected chi connectivity index (χ2v) is 6.04. The number of nitrogens with zero attached hydrogens (tertiary/aromatic N) is 3. The monoisotopic (exact) mass is 350 g/mol. The summed E-state index contributed by atoms with van der Waals surface area (Å²) in [5.74, 6) is 0.425. The second kappa shape index (κ2) is 8.58. The molecule has 0 saturated carbocycles. The lowest BCUT2D eigenvalue weighted by Gasteiger charge is -2.07. The zero-order chi connectivity index (χ0) is 17.5. The summed E-state index contributed by atoms with van der Waals surface area (Å²) in [5, 5.41) is 11.6. The molecule has 1 aromatic carbocycles. The predicted molar refractivity (Wildman–Crippen MR) is 89.5 cm³/mol. The molecule has 24 heavy (non-hydrogen) atoms. The molecule has 0 saturated heterocycles. The average Bonchev–Trinajstić information content (AvgIpc) is 2.95. The fourth-order valence-corrected chi connectivity index (χ4v) is 3.04. The highest BCUT2D eigenvalue weighted by Gasteiger charge is 2.14. The molecule has 2 aromatic rings. The molecule has 0 aliphatic heterocycles. The van der Waals surface area contributed by atoms with Crippen molar-refractivity contribution in [2.24, 2.45) is 0 Å². The minimum absolute atomic E-state index is 0.0861. The zero-order valence-electron chi connectivity index (χ0n) is 13.6. The predicted octanol–water partition coefficient (Wildman–Crippen LogP) is 2.09. The van der Waals surface area contributed by atoms with Crippen molar-refractivity contribution in [2.75, 3.05) is 12.3 Å². The Balaban J connectivity index is 1.96. The molecular weight excluding hydrogens is 331 g/mol. The molecule has 1 aromatic heterocycles. The molecule has 1 N–H and O–H groups in total. The molecule has 2 rings (SSSR count). The van der Waals surface area contributed by atoms with E-state index in [2.05, 4.69) is 15.5 Å². The number of hydrogen-bond acceptors (Lipinski definition) is 5. The lowest BCUT2D eigenvalue weighted by Crippen LogP contribution is -2.23. The third-order valence-electron chi connectivity index (χ3n) is 3.33. The Labute approximate surface area is 143 Å². The molecule has 0 fully saturated rings. The molecule has 0 aliphatic carbocycles. The van der Waals surface area contributed by atoms with Crippen LogP contribution in [0.2, 0.25) is 0 Å². The number of carbonyl (C=O) groups excluding carboxylic acids is 2. The quantitative estimate of drug-likeness (QED) is 0.583. The van der Waals surface area contributed by atoms with Crippen LogP contribution in [0, 0.1) is 5.82 Å². The molecule has 8 heteroatoms. The van der Waals surface area contributed by atoms with Crippen LogP contribution in [0.1, 0.15) is 30.0 Å². The van der Waals surface area contributed by atoms with E-state index in [1.807, 2.05) is 11.5 Å². The van der Waals surface area contributed by atoms with E-state index in [-0.39, 0.29) is 23.3 Å². The van der Waals surface area contributed by atoms with Crippen LogP contribution < -0.4 is 5.32 Å². The molecule has 1 heterocycles. The Morgan fingerprint density at radius 1 is 1.25 bits per heavy atom. The van der Waals surface area contributed by atoms with Gasteiger partial charge in [-0.15, -0.1) is 10.2 Å².